The molecule has 31 heavy (non-hydrogen) atoms. The predicted octanol–water partition coefficient (Wildman–Crippen LogP) is 2.85. The number of nitrogens with one attached hydrogen (secondary N) is 1. The van der Waals surface area contributed by atoms with Crippen molar-refractivity contribution in [1.82, 2.24) is 5.32 Å². The first kappa shape index (κ1) is 23.0. The lowest BCUT2D eigenvalue weighted by Crippen LogP contribution is -2.51. The molecule has 1 heterocycles. The van der Waals surface area contributed by atoms with Crippen molar-refractivity contribution in [3.05, 3.63) is 47.5 Å². The van der Waals surface area contributed by atoms with Crippen LogP contribution in [0.3, 0.4) is 0 Å². The van der Waals surface area contributed by atoms with Crippen LogP contribution < -0.4 is 23.8 Å². The number of rotatable bonds is 8. The first-order chi connectivity index (χ1) is 14.7. The molecule has 2 aromatic carbocycles. The lowest BCUT2D eigenvalue weighted by Gasteiger charge is -2.31. The van der Waals surface area contributed by atoms with Crippen molar-refractivity contribution in [3.8, 4) is 17.2 Å². The third-order valence-corrected chi connectivity index (χ3v) is 6.27. The Labute approximate surface area is 187 Å². The smallest absolute Gasteiger partial charge is 0.244 e. The normalized spacial score (nSPS) is 16.3. The molecule has 0 aromatic heterocycles. The van der Waals surface area contributed by atoms with Gasteiger partial charge >= 0.3 is 0 Å². The predicted molar refractivity (Wildman–Crippen MR) is 119 cm³/mol. The minimum absolute atomic E-state index is 0.171. The molecule has 0 saturated carbocycles. The number of hydrogen-bond donors (Lipinski definition) is 1. The molecule has 1 aliphatic heterocycles. The zero-order chi connectivity index (χ0) is 22.6. The monoisotopic (exact) mass is 468 g/mol. The summed E-state index contributed by atoms with van der Waals surface area (Å²) in [6, 6.07) is 10.9. The molecule has 0 bridgehead atoms. The number of carbonyl (C=O) groups is 1. The number of anilines is 1. The summed E-state index contributed by atoms with van der Waals surface area (Å²) in [6.07, 6.45) is 0.919. The Morgan fingerprint density at radius 2 is 2.00 bits per heavy atom. The van der Waals surface area contributed by atoms with Gasteiger partial charge in [0, 0.05) is 0 Å². The fourth-order valence-corrected chi connectivity index (χ4v) is 4.80. The van der Waals surface area contributed by atoms with Crippen molar-refractivity contribution in [2.75, 3.05) is 30.8 Å². The van der Waals surface area contributed by atoms with Crippen LogP contribution in [-0.2, 0) is 14.8 Å². The second-order valence-corrected chi connectivity index (χ2v) is 9.31. The number of fused-ring (bicyclic) bond motifs is 1. The van der Waals surface area contributed by atoms with Crippen molar-refractivity contribution in [2.24, 2.45) is 0 Å². The van der Waals surface area contributed by atoms with Crippen molar-refractivity contribution in [2.45, 2.75) is 25.5 Å². The molecule has 1 N–H and O–H groups in total. The van der Waals surface area contributed by atoms with Gasteiger partial charge in [-0.2, -0.15) is 0 Å². The van der Waals surface area contributed by atoms with Crippen molar-refractivity contribution >= 4 is 33.2 Å². The minimum atomic E-state index is -3.78. The molecular formula is C21H25ClN2O6S. The SMILES string of the molecule is CCC(C(=O)NCC1COc2ccccc2O1)N(c1ccc(OC)c(Cl)c1)S(C)(=O)=O. The minimum Gasteiger partial charge on any atom is -0.495 e. The summed E-state index contributed by atoms with van der Waals surface area (Å²) in [5, 5.41) is 3.03. The van der Waals surface area contributed by atoms with Gasteiger partial charge < -0.3 is 19.5 Å². The van der Waals surface area contributed by atoms with E-state index in [9.17, 15) is 13.2 Å². The van der Waals surface area contributed by atoms with Gasteiger partial charge in [-0.25, -0.2) is 8.42 Å². The van der Waals surface area contributed by atoms with Crippen LogP contribution in [0.4, 0.5) is 5.69 Å². The van der Waals surface area contributed by atoms with Crippen LogP contribution in [0.1, 0.15) is 13.3 Å². The fourth-order valence-electron chi connectivity index (χ4n) is 3.35. The van der Waals surface area contributed by atoms with Crippen LogP contribution in [-0.4, -0.2) is 53.0 Å². The Kier molecular flexibility index (Phi) is 7.17. The van der Waals surface area contributed by atoms with Crippen molar-refractivity contribution in [3.63, 3.8) is 0 Å². The maximum atomic E-state index is 13.0. The number of benzene rings is 2. The van der Waals surface area contributed by atoms with Gasteiger partial charge in [0.15, 0.2) is 11.5 Å². The third-order valence-electron chi connectivity index (χ3n) is 4.79. The zero-order valence-corrected chi connectivity index (χ0v) is 19.1. The van der Waals surface area contributed by atoms with Gasteiger partial charge in [-0.15, -0.1) is 0 Å². The molecule has 0 radical (unpaired) electrons. The summed E-state index contributed by atoms with van der Waals surface area (Å²) >= 11 is 6.18. The van der Waals surface area contributed by atoms with Gasteiger partial charge in [-0.3, -0.25) is 9.10 Å². The highest BCUT2D eigenvalue weighted by molar-refractivity contribution is 7.92. The van der Waals surface area contributed by atoms with Gasteiger partial charge in [0.1, 0.15) is 24.5 Å². The topological polar surface area (TPSA) is 94.2 Å². The van der Waals surface area contributed by atoms with E-state index in [0.29, 0.717) is 17.2 Å². The number of halogens is 1. The number of hydrogen-bond acceptors (Lipinski definition) is 6. The Hall–Kier alpha value is -2.65. The largest absolute Gasteiger partial charge is 0.495 e. The molecule has 2 aromatic rings. The standard InChI is InChI=1S/C21H25ClN2O6S/c1-4-17(24(31(3,26)27)14-9-10-18(28-2)16(22)11-14)21(25)23-12-15-13-29-19-7-5-6-8-20(19)30-15/h5-11,15,17H,4,12-13H2,1-3H3,(H,23,25). The molecule has 0 aliphatic carbocycles. The van der Waals surface area contributed by atoms with Crippen LogP contribution in [0, 0.1) is 0 Å². The molecule has 0 saturated heterocycles. The number of amides is 1. The summed E-state index contributed by atoms with van der Waals surface area (Å²) in [4.78, 5) is 13.0. The quantitative estimate of drug-likeness (QED) is 0.640. The summed E-state index contributed by atoms with van der Waals surface area (Å²) in [7, 11) is -2.31. The van der Waals surface area contributed by atoms with E-state index in [4.69, 9.17) is 25.8 Å². The third kappa shape index (κ3) is 5.34. The van der Waals surface area contributed by atoms with Crippen LogP contribution in [0.25, 0.3) is 0 Å². The Bertz CT molecular complexity index is 1050. The van der Waals surface area contributed by atoms with E-state index >= 15 is 0 Å². The van der Waals surface area contributed by atoms with E-state index < -0.39 is 28.1 Å². The molecular weight excluding hydrogens is 444 g/mol. The van der Waals surface area contributed by atoms with Crippen molar-refractivity contribution in [1.29, 1.82) is 0 Å². The molecule has 0 fully saturated rings. The summed E-state index contributed by atoms with van der Waals surface area (Å²) in [5.41, 5.74) is 0.279. The second-order valence-electron chi connectivity index (χ2n) is 7.04. The Morgan fingerprint density at radius 1 is 1.29 bits per heavy atom. The van der Waals surface area contributed by atoms with E-state index in [0.717, 1.165) is 10.6 Å². The highest BCUT2D eigenvalue weighted by atomic mass is 35.5. The van der Waals surface area contributed by atoms with Crippen LogP contribution in [0.15, 0.2) is 42.5 Å². The number of nitrogens with zero attached hydrogens (tertiary/aromatic N) is 1. The lowest BCUT2D eigenvalue weighted by atomic mass is 10.1. The second kappa shape index (κ2) is 9.65. The number of ether oxygens (including phenoxy) is 3. The summed E-state index contributed by atoms with van der Waals surface area (Å²) in [5.74, 6) is 1.22. The molecule has 10 heteroatoms. The van der Waals surface area contributed by atoms with E-state index in [2.05, 4.69) is 5.32 Å². The van der Waals surface area contributed by atoms with Gasteiger partial charge in [-0.05, 0) is 36.8 Å². The molecule has 2 atom stereocenters. The molecule has 3 rings (SSSR count). The maximum Gasteiger partial charge on any atom is 0.244 e. The first-order valence-electron chi connectivity index (χ1n) is 9.73. The van der Waals surface area contributed by atoms with Gasteiger partial charge in [-0.1, -0.05) is 30.7 Å². The zero-order valence-electron chi connectivity index (χ0n) is 17.5. The Balaban J connectivity index is 1.75. The highest BCUT2D eigenvalue weighted by Gasteiger charge is 2.32. The number of sulfonamides is 1. The molecule has 1 amide bonds. The van der Waals surface area contributed by atoms with E-state index in [1.807, 2.05) is 12.1 Å². The van der Waals surface area contributed by atoms with E-state index in [1.165, 1.54) is 13.2 Å². The molecule has 1 aliphatic rings. The van der Waals surface area contributed by atoms with E-state index in [-0.39, 0.29) is 30.3 Å². The average Bonchev–Trinajstić information content (AvgIpc) is 2.74. The summed E-state index contributed by atoms with van der Waals surface area (Å²) in [6.45, 7) is 2.19. The number of methoxy groups -OCH3 is 1. The van der Waals surface area contributed by atoms with Crippen LogP contribution in [0.2, 0.25) is 5.02 Å². The summed E-state index contributed by atoms with van der Waals surface area (Å²) < 4.78 is 42.8. The highest BCUT2D eigenvalue weighted by Crippen LogP contribution is 2.32. The number of para-hydroxylation sites is 2. The number of carbonyl (C=O) groups excluding carboxylic acids is 1. The van der Waals surface area contributed by atoms with Crippen LogP contribution in [0.5, 0.6) is 17.2 Å². The van der Waals surface area contributed by atoms with Crippen molar-refractivity contribution < 1.29 is 27.4 Å². The van der Waals surface area contributed by atoms with Gasteiger partial charge in [0.05, 0.1) is 30.6 Å². The van der Waals surface area contributed by atoms with Gasteiger partial charge in [0.25, 0.3) is 0 Å². The van der Waals surface area contributed by atoms with E-state index in [1.54, 1.807) is 31.2 Å². The molecule has 0 spiro atoms. The lowest BCUT2D eigenvalue weighted by molar-refractivity contribution is -0.122. The maximum absolute atomic E-state index is 13.0. The fraction of sp³-hybridized carbons (Fsp3) is 0.381. The van der Waals surface area contributed by atoms with Crippen LogP contribution >= 0.6 is 11.6 Å². The Morgan fingerprint density at radius 3 is 2.61 bits per heavy atom. The average molecular weight is 469 g/mol. The molecule has 8 nitrogen and oxygen atoms in total. The van der Waals surface area contributed by atoms with Gasteiger partial charge in [0.2, 0.25) is 15.9 Å². The first-order valence-corrected chi connectivity index (χ1v) is 12.0. The molecule has 168 valence electrons. The molecule has 2 unspecified atom stereocenters.